The molecule has 30 heavy (non-hydrogen) atoms. The Kier molecular flexibility index (Phi) is 8.14. The Labute approximate surface area is 172 Å². The Hall–Kier alpha value is -2.71. The van der Waals surface area contributed by atoms with Crippen LogP contribution in [0, 0.1) is 10.1 Å². The molecule has 162 valence electrons. The molecular weight excluding hydrogens is 417 g/mol. The predicted molar refractivity (Wildman–Crippen MR) is 104 cm³/mol. The number of carbonyl (C=O) groups is 2. The minimum atomic E-state index is -4.05. The van der Waals surface area contributed by atoms with Gasteiger partial charge in [0.1, 0.15) is 5.78 Å². The first-order chi connectivity index (χ1) is 14.3. The van der Waals surface area contributed by atoms with E-state index in [2.05, 4.69) is 4.79 Å². The van der Waals surface area contributed by atoms with Crippen molar-refractivity contribution in [2.24, 2.45) is 0 Å². The van der Waals surface area contributed by atoms with Gasteiger partial charge in [-0.3, -0.25) is 19.7 Å². The first-order valence-corrected chi connectivity index (χ1v) is 10.7. The monoisotopic (exact) mass is 439 g/mol. The van der Waals surface area contributed by atoms with E-state index in [-0.39, 0.29) is 49.1 Å². The van der Waals surface area contributed by atoms with Crippen molar-refractivity contribution in [2.75, 3.05) is 14.2 Å². The van der Waals surface area contributed by atoms with Crippen molar-refractivity contribution >= 4 is 30.5 Å². The topological polar surface area (TPSA) is 158 Å². The van der Waals surface area contributed by atoms with E-state index in [0.29, 0.717) is 0 Å². The van der Waals surface area contributed by atoms with Gasteiger partial charge in [0.2, 0.25) is 6.10 Å². The largest absolute Gasteiger partial charge is 0.449 e. The number of ketones is 1. The van der Waals surface area contributed by atoms with Crippen LogP contribution in [0.15, 0.2) is 24.3 Å². The van der Waals surface area contributed by atoms with Gasteiger partial charge in [0.05, 0.1) is 4.92 Å². The van der Waals surface area contributed by atoms with E-state index in [1.165, 1.54) is 18.2 Å². The number of Topliss-reactive ketones (excluding diaryl/α,β-unsaturated/α-hetero) is 1. The molecule has 0 N–H and O–H groups in total. The van der Waals surface area contributed by atoms with Crippen LogP contribution in [0.3, 0.4) is 0 Å². The number of benzene rings is 1. The van der Waals surface area contributed by atoms with Crippen LogP contribution in [0.1, 0.15) is 43.6 Å². The quantitative estimate of drug-likeness (QED) is 0.124. The first-order valence-electron chi connectivity index (χ1n) is 9.17. The molecule has 2 unspecified atom stereocenters. The Morgan fingerprint density at radius 2 is 1.90 bits per heavy atom. The minimum absolute atomic E-state index is 0.0219. The highest BCUT2D eigenvalue weighted by molar-refractivity contribution is 7.72. The molecule has 0 amide bonds. The molecule has 1 aliphatic rings. The van der Waals surface area contributed by atoms with E-state index < -0.39 is 36.0 Å². The van der Waals surface area contributed by atoms with E-state index in [4.69, 9.17) is 13.8 Å². The maximum Gasteiger partial charge on any atom is 0.441 e. The molecule has 0 radical (unpaired) electrons. The standard InChI is InChI=1S/C18H22N3O8P/c1-27-30(26,28-2)18(20-19)16-11-10-13(15(22)8-5-9-17(23)29-16)12-6-3-4-7-14(12)21(24)25/h3-4,6-7,13,16H,5,8-11H2,1-2H3. The number of cyclic esters (lactones) is 1. The van der Waals surface area contributed by atoms with Gasteiger partial charge in [-0.25, -0.2) is 4.57 Å². The fourth-order valence-corrected chi connectivity index (χ4v) is 4.52. The molecule has 11 nitrogen and oxygen atoms in total. The summed E-state index contributed by atoms with van der Waals surface area (Å²) in [6, 6.07) is 5.91. The molecule has 0 aromatic heterocycles. The number of esters is 1. The van der Waals surface area contributed by atoms with E-state index in [1.807, 2.05) is 0 Å². The van der Waals surface area contributed by atoms with Crippen molar-refractivity contribution in [3.05, 3.63) is 45.5 Å². The molecule has 1 aliphatic heterocycles. The lowest BCUT2D eigenvalue weighted by Gasteiger charge is -2.22. The Morgan fingerprint density at radius 3 is 2.50 bits per heavy atom. The summed E-state index contributed by atoms with van der Waals surface area (Å²) < 4.78 is 27.7. The van der Waals surface area contributed by atoms with E-state index in [1.54, 1.807) is 6.07 Å². The average molecular weight is 439 g/mol. The lowest BCUT2D eigenvalue weighted by molar-refractivity contribution is -0.385. The Bertz CT molecular complexity index is 920. The number of nitrogens with zero attached hydrogens (tertiary/aromatic N) is 3. The summed E-state index contributed by atoms with van der Waals surface area (Å²) in [5, 5.41) is 11.4. The van der Waals surface area contributed by atoms with Crippen LogP contribution in [0.25, 0.3) is 5.53 Å². The SMILES string of the molecule is COP(=O)(OC)C(=[N+]=[N-])C1CCC(c2ccccc2[N+](=O)[O-])C(=O)CCCC(=O)O1. The molecule has 1 heterocycles. The van der Waals surface area contributed by atoms with Crippen molar-refractivity contribution in [1.82, 2.24) is 0 Å². The first kappa shape index (κ1) is 23.6. The van der Waals surface area contributed by atoms with Gasteiger partial charge in [0.15, 0.2) is 0 Å². The number of carbonyl (C=O) groups excluding carboxylic acids is 2. The van der Waals surface area contributed by atoms with Crippen LogP contribution in [-0.4, -0.2) is 47.2 Å². The second kappa shape index (κ2) is 10.4. The zero-order valence-electron chi connectivity index (χ0n) is 16.6. The molecular formula is C18H22N3O8P. The normalized spacial score (nSPS) is 20.7. The molecule has 0 bridgehead atoms. The van der Waals surface area contributed by atoms with Crippen molar-refractivity contribution in [3.63, 3.8) is 0 Å². The molecule has 1 aromatic rings. The zero-order chi connectivity index (χ0) is 22.3. The molecule has 0 aliphatic carbocycles. The third-order valence-corrected chi connectivity index (χ3v) is 6.74. The van der Waals surface area contributed by atoms with Crippen LogP contribution in [0.4, 0.5) is 5.69 Å². The third-order valence-electron chi connectivity index (χ3n) is 4.84. The van der Waals surface area contributed by atoms with Crippen molar-refractivity contribution in [1.29, 1.82) is 0 Å². The van der Waals surface area contributed by atoms with Crippen molar-refractivity contribution < 1.29 is 37.7 Å². The highest BCUT2D eigenvalue weighted by Gasteiger charge is 2.47. The summed E-state index contributed by atoms with van der Waals surface area (Å²) >= 11 is 0. The summed E-state index contributed by atoms with van der Waals surface area (Å²) in [6.45, 7) is 0. The van der Waals surface area contributed by atoms with E-state index >= 15 is 0 Å². The van der Waals surface area contributed by atoms with Gasteiger partial charge in [0, 0.05) is 44.6 Å². The van der Waals surface area contributed by atoms with Gasteiger partial charge < -0.3 is 19.3 Å². The number of para-hydroxylation sites is 1. The zero-order valence-corrected chi connectivity index (χ0v) is 17.4. The lowest BCUT2D eigenvalue weighted by atomic mass is 9.86. The predicted octanol–water partition coefficient (Wildman–Crippen LogP) is 3.24. The molecule has 0 spiro atoms. The van der Waals surface area contributed by atoms with Gasteiger partial charge in [0.25, 0.3) is 5.69 Å². The third kappa shape index (κ3) is 5.25. The number of nitro benzene ring substituents is 1. The van der Waals surface area contributed by atoms with Crippen LogP contribution >= 0.6 is 7.60 Å². The lowest BCUT2D eigenvalue weighted by Crippen LogP contribution is -2.31. The number of nitro groups is 1. The minimum Gasteiger partial charge on any atom is -0.449 e. The highest BCUT2D eigenvalue weighted by atomic mass is 31.2. The summed E-state index contributed by atoms with van der Waals surface area (Å²) in [5.41, 5.74) is 8.93. The van der Waals surface area contributed by atoms with Gasteiger partial charge >= 0.3 is 19.0 Å². The second-order valence-electron chi connectivity index (χ2n) is 6.57. The van der Waals surface area contributed by atoms with Gasteiger partial charge in [-0.1, -0.05) is 18.2 Å². The van der Waals surface area contributed by atoms with Gasteiger partial charge in [-0.2, -0.15) is 4.79 Å². The van der Waals surface area contributed by atoms with Crippen molar-refractivity contribution in [3.8, 4) is 0 Å². The molecule has 1 fully saturated rings. The van der Waals surface area contributed by atoms with Crippen molar-refractivity contribution in [2.45, 2.75) is 44.1 Å². The van der Waals surface area contributed by atoms with E-state index in [0.717, 1.165) is 14.2 Å². The molecule has 2 atom stereocenters. The van der Waals surface area contributed by atoms with Crippen LogP contribution in [0.2, 0.25) is 0 Å². The Balaban J connectivity index is 2.45. The number of hydrogen-bond donors (Lipinski definition) is 0. The highest BCUT2D eigenvalue weighted by Crippen LogP contribution is 2.49. The summed E-state index contributed by atoms with van der Waals surface area (Å²) in [6.07, 6.45) is -1.25. The number of rotatable bonds is 6. The number of ether oxygens (including phenoxy) is 1. The average Bonchev–Trinajstić information content (AvgIpc) is 2.73. The fourth-order valence-electron chi connectivity index (χ4n) is 3.35. The molecule has 12 heteroatoms. The van der Waals surface area contributed by atoms with Crippen LogP contribution < -0.4 is 0 Å². The Morgan fingerprint density at radius 1 is 1.23 bits per heavy atom. The van der Waals surface area contributed by atoms with Crippen LogP contribution in [0.5, 0.6) is 0 Å². The van der Waals surface area contributed by atoms with Gasteiger partial charge in [-0.15, -0.1) is 0 Å². The van der Waals surface area contributed by atoms with E-state index in [9.17, 15) is 29.8 Å². The molecule has 1 aromatic carbocycles. The summed E-state index contributed by atoms with van der Waals surface area (Å²) in [4.78, 5) is 38.8. The summed E-state index contributed by atoms with van der Waals surface area (Å²) in [7, 11) is -1.89. The second-order valence-corrected chi connectivity index (χ2v) is 8.75. The maximum absolute atomic E-state index is 12.8. The summed E-state index contributed by atoms with van der Waals surface area (Å²) in [5.74, 6) is -1.78. The number of hydrogen-bond acceptors (Lipinski definition) is 8. The fraction of sp³-hybridized carbons (Fsp3) is 0.500. The molecule has 0 saturated carbocycles. The molecule has 2 rings (SSSR count). The molecule has 1 saturated heterocycles. The smallest absolute Gasteiger partial charge is 0.441 e. The van der Waals surface area contributed by atoms with Gasteiger partial charge in [-0.05, 0) is 19.3 Å². The maximum atomic E-state index is 12.8. The van der Waals surface area contributed by atoms with Crippen LogP contribution in [-0.2, 0) is 27.9 Å².